The Morgan fingerprint density at radius 3 is 2.21 bits per heavy atom. The molecule has 0 aromatic heterocycles. The number of fused-ring (bicyclic) bond motifs is 2. The SMILES string of the molecule is Cc1cc(C)c(N([C@H]2[C@H]3CC[C@@](C)([C@H]2OC(=O)C2=C[C@@H](C(C)C)CCC2=O)C3(C)C)S(=O)(=O)c2ccccc2)c(C)c1. The van der Waals surface area contributed by atoms with Gasteiger partial charge < -0.3 is 4.74 Å². The van der Waals surface area contributed by atoms with Gasteiger partial charge in [-0.1, -0.05) is 76.6 Å². The molecule has 5 rings (SSSR count). The first-order valence-corrected chi connectivity index (χ1v) is 16.7. The fourth-order valence-electron chi connectivity index (χ4n) is 8.11. The van der Waals surface area contributed by atoms with Gasteiger partial charge in [0.15, 0.2) is 5.78 Å². The molecule has 42 heavy (non-hydrogen) atoms. The number of nitrogens with zero attached hydrogens (tertiary/aromatic N) is 1. The fourth-order valence-corrected chi connectivity index (χ4v) is 9.94. The molecule has 0 aliphatic heterocycles. The molecule has 2 bridgehead atoms. The van der Waals surface area contributed by atoms with Gasteiger partial charge in [0.25, 0.3) is 10.0 Å². The summed E-state index contributed by atoms with van der Waals surface area (Å²) in [7, 11) is -4.06. The number of hydrogen-bond acceptors (Lipinski definition) is 5. The molecule has 6 nitrogen and oxygen atoms in total. The van der Waals surface area contributed by atoms with E-state index in [2.05, 4.69) is 34.6 Å². The monoisotopic (exact) mass is 591 g/mol. The maximum absolute atomic E-state index is 14.7. The van der Waals surface area contributed by atoms with Crippen molar-refractivity contribution in [2.45, 2.75) is 98.1 Å². The quantitative estimate of drug-likeness (QED) is 0.253. The number of ether oxygens (including phenoxy) is 1. The minimum Gasteiger partial charge on any atom is -0.456 e. The number of hydrogen-bond donors (Lipinski definition) is 0. The molecule has 2 fully saturated rings. The Balaban J connectivity index is 1.69. The zero-order chi connectivity index (χ0) is 30.8. The van der Waals surface area contributed by atoms with Crippen molar-refractivity contribution in [2.75, 3.05) is 4.31 Å². The van der Waals surface area contributed by atoms with E-state index < -0.39 is 33.6 Å². The van der Waals surface area contributed by atoms with Gasteiger partial charge in [-0.2, -0.15) is 0 Å². The first-order valence-electron chi connectivity index (χ1n) is 15.2. The van der Waals surface area contributed by atoms with Crippen LogP contribution >= 0.6 is 0 Å². The van der Waals surface area contributed by atoms with Crippen LogP contribution in [0.4, 0.5) is 5.69 Å². The molecule has 7 heteroatoms. The summed E-state index contributed by atoms with van der Waals surface area (Å²) in [5, 5.41) is 0. The molecule has 0 N–H and O–H groups in total. The maximum atomic E-state index is 14.7. The van der Waals surface area contributed by atoms with Crippen molar-refractivity contribution in [3.63, 3.8) is 0 Å². The lowest BCUT2D eigenvalue weighted by Crippen LogP contribution is -2.54. The van der Waals surface area contributed by atoms with Crippen molar-refractivity contribution in [3.05, 3.63) is 70.8 Å². The molecule has 2 aromatic carbocycles. The molecule has 2 aromatic rings. The van der Waals surface area contributed by atoms with Crippen molar-refractivity contribution in [1.82, 2.24) is 0 Å². The largest absolute Gasteiger partial charge is 0.456 e. The molecular formula is C35H45NO5S. The number of esters is 1. The molecule has 3 aliphatic carbocycles. The summed E-state index contributed by atoms with van der Waals surface area (Å²) >= 11 is 0. The lowest BCUT2D eigenvalue weighted by Gasteiger charge is -2.43. The zero-order valence-electron chi connectivity index (χ0n) is 26.2. The van der Waals surface area contributed by atoms with Gasteiger partial charge >= 0.3 is 5.97 Å². The lowest BCUT2D eigenvalue weighted by atomic mass is 9.70. The predicted molar refractivity (Wildman–Crippen MR) is 166 cm³/mol. The van der Waals surface area contributed by atoms with E-state index in [1.54, 1.807) is 40.7 Å². The second-order valence-corrected chi connectivity index (χ2v) is 15.7. The third-order valence-corrected chi connectivity index (χ3v) is 12.7. The van der Waals surface area contributed by atoms with Crippen LogP contribution in [0.5, 0.6) is 0 Å². The Kier molecular flexibility index (Phi) is 7.74. The van der Waals surface area contributed by atoms with Crippen molar-refractivity contribution in [3.8, 4) is 0 Å². The average molecular weight is 592 g/mol. The number of carbonyl (C=O) groups is 2. The number of rotatable bonds is 7. The molecule has 0 heterocycles. The topological polar surface area (TPSA) is 80.8 Å². The first kappa shape index (κ1) is 30.5. The highest BCUT2D eigenvalue weighted by molar-refractivity contribution is 7.92. The highest BCUT2D eigenvalue weighted by Gasteiger charge is 2.70. The summed E-state index contributed by atoms with van der Waals surface area (Å²) in [6, 6.07) is 11.9. The van der Waals surface area contributed by atoms with Crippen molar-refractivity contribution < 1.29 is 22.7 Å². The number of ketones is 1. The van der Waals surface area contributed by atoms with Crippen LogP contribution in [0.2, 0.25) is 0 Å². The van der Waals surface area contributed by atoms with E-state index in [9.17, 15) is 18.0 Å². The van der Waals surface area contributed by atoms with Crippen LogP contribution < -0.4 is 4.31 Å². The normalized spacial score (nSPS) is 28.6. The molecule has 5 atom stereocenters. The van der Waals surface area contributed by atoms with Gasteiger partial charge in [0.1, 0.15) is 6.10 Å². The Morgan fingerprint density at radius 2 is 1.62 bits per heavy atom. The summed E-state index contributed by atoms with van der Waals surface area (Å²) in [6.07, 6.45) is 3.74. The number of carbonyl (C=O) groups excluding carboxylic acids is 2. The highest BCUT2D eigenvalue weighted by atomic mass is 32.2. The Labute approximate surface area is 251 Å². The molecular weight excluding hydrogens is 546 g/mol. The van der Waals surface area contributed by atoms with Crippen LogP contribution in [0.1, 0.15) is 77.0 Å². The van der Waals surface area contributed by atoms with E-state index >= 15 is 0 Å². The van der Waals surface area contributed by atoms with Crippen LogP contribution in [-0.2, 0) is 24.3 Å². The van der Waals surface area contributed by atoms with Crippen LogP contribution in [0, 0.1) is 49.4 Å². The predicted octanol–water partition coefficient (Wildman–Crippen LogP) is 7.11. The zero-order valence-corrected chi connectivity index (χ0v) is 27.0. The van der Waals surface area contributed by atoms with Crippen molar-refractivity contribution >= 4 is 27.5 Å². The molecule has 3 aliphatic rings. The van der Waals surface area contributed by atoms with Gasteiger partial charge in [0, 0.05) is 11.8 Å². The molecule has 2 saturated carbocycles. The van der Waals surface area contributed by atoms with Crippen LogP contribution in [0.15, 0.2) is 59.0 Å². The van der Waals surface area contributed by atoms with E-state index in [4.69, 9.17) is 4.74 Å². The number of sulfonamides is 1. The Morgan fingerprint density at radius 1 is 1.00 bits per heavy atom. The van der Waals surface area contributed by atoms with Gasteiger partial charge in [-0.15, -0.1) is 0 Å². The lowest BCUT2D eigenvalue weighted by molar-refractivity contribution is -0.154. The number of benzene rings is 2. The average Bonchev–Trinajstić information content (AvgIpc) is 3.24. The van der Waals surface area contributed by atoms with Gasteiger partial charge in [-0.05, 0) is 86.5 Å². The number of anilines is 1. The standard InChI is InChI=1S/C35H45NO5S/c1-21(2)25-14-15-29(37)27(20-25)33(38)41-32-31(28-16-17-35(32,8)34(28,6)7)36(30-23(4)18-22(3)19-24(30)5)42(39,40)26-12-10-9-11-13-26/h9-13,18-21,25,28,31-32H,14-17H2,1-8H3/t25-,28+,31-,32-,35-/m0/s1. The molecule has 226 valence electrons. The number of aryl methyl sites for hydroxylation is 3. The summed E-state index contributed by atoms with van der Waals surface area (Å²) < 4.78 is 37.5. The van der Waals surface area contributed by atoms with Gasteiger partial charge in [-0.25, -0.2) is 13.2 Å². The van der Waals surface area contributed by atoms with Crippen LogP contribution in [0.3, 0.4) is 0 Å². The number of allylic oxidation sites excluding steroid dienone is 1. The smallest absolute Gasteiger partial charge is 0.341 e. The third-order valence-electron chi connectivity index (χ3n) is 10.8. The molecule has 0 saturated heterocycles. The molecule has 0 spiro atoms. The fraction of sp³-hybridized carbons (Fsp3) is 0.543. The summed E-state index contributed by atoms with van der Waals surface area (Å²) in [4.78, 5) is 27.1. The van der Waals surface area contributed by atoms with Crippen molar-refractivity contribution in [1.29, 1.82) is 0 Å². The second kappa shape index (κ2) is 10.7. The van der Waals surface area contributed by atoms with Gasteiger partial charge in [0.05, 0.1) is 22.2 Å². The third kappa shape index (κ3) is 4.72. The minimum absolute atomic E-state index is 0.0571. The Bertz CT molecular complexity index is 1520. The minimum atomic E-state index is -4.06. The van der Waals surface area contributed by atoms with E-state index in [0.29, 0.717) is 18.0 Å². The summed E-state index contributed by atoms with van der Waals surface area (Å²) in [6.45, 7) is 16.6. The van der Waals surface area contributed by atoms with Crippen LogP contribution in [0.25, 0.3) is 0 Å². The van der Waals surface area contributed by atoms with E-state index in [0.717, 1.165) is 36.0 Å². The van der Waals surface area contributed by atoms with E-state index in [1.807, 2.05) is 32.9 Å². The van der Waals surface area contributed by atoms with E-state index in [1.165, 1.54) is 0 Å². The summed E-state index contributed by atoms with van der Waals surface area (Å²) in [5.74, 6) is -0.454. The molecule has 0 unspecified atom stereocenters. The number of Topliss-reactive ketones (excluding diaryl/α,β-unsaturated/α-hetero) is 1. The molecule has 0 amide bonds. The highest BCUT2D eigenvalue weighted by Crippen LogP contribution is 2.68. The molecule has 0 radical (unpaired) electrons. The van der Waals surface area contributed by atoms with Gasteiger partial charge in [0.2, 0.25) is 0 Å². The first-order chi connectivity index (χ1) is 19.6. The van der Waals surface area contributed by atoms with E-state index in [-0.39, 0.29) is 33.5 Å². The maximum Gasteiger partial charge on any atom is 0.341 e. The van der Waals surface area contributed by atoms with Crippen LogP contribution in [-0.4, -0.2) is 32.3 Å². The second-order valence-electron chi connectivity index (χ2n) is 13.9. The summed E-state index contributed by atoms with van der Waals surface area (Å²) in [5.41, 5.74) is 2.71. The Hall–Kier alpha value is -2.93. The van der Waals surface area contributed by atoms with Gasteiger partial charge in [-0.3, -0.25) is 9.10 Å². The van der Waals surface area contributed by atoms with Crippen molar-refractivity contribution in [2.24, 2.45) is 28.6 Å².